The van der Waals surface area contributed by atoms with Gasteiger partial charge in [-0.3, -0.25) is 19.3 Å². The van der Waals surface area contributed by atoms with Crippen LogP contribution in [0.3, 0.4) is 0 Å². The van der Waals surface area contributed by atoms with Crippen LogP contribution in [0, 0.1) is 17.7 Å². The molecule has 3 aliphatic rings. The number of carbonyl (C=O) groups is 3. The van der Waals surface area contributed by atoms with Crippen LogP contribution in [0.5, 0.6) is 5.75 Å². The van der Waals surface area contributed by atoms with Crippen LogP contribution in [-0.4, -0.2) is 68.5 Å². The van der Waals surface area contributed by atoms with Gasteiger partial charge in [0, 0.05) is 24.6 Å². The topological polar surface area (TPSA) is 173 Å². The van der Waals surface area contributed by atoms with E-state index in [1.54, 1.807) is 26.2 Å². The summed E-state index contributed by atoms with van der Waals surface area (Å²) in [4.78, 5) is 41.2. The molecule has 6 rings (SSSR count). The number of nitrogens with zero attached hydrogens (tertiary/aromatic N) is 1. The number of hydrogen-bond acceptors (Lipinski definition) is 9. The maximum absolute atomic E-state index is 14.0. The molecule has 10 nitrogen and oxygen atoms in total. The maximum atomic E-state index is 14.0. The standard InChI is InChI=1S/C35H34FN3O7/c1-39(2)29-24-14-20-13-23-22(19-8-6-17(7-9-19)15-38-16-18-4-3-5-21(36)12-18)10-11-25(40)27(23)30(41)26(20)32(43)35(24,46)33(44)28(31(29)42)34(37)45/h3-12,20,24,29,38,40,42-43,46H,13-16H2,1-2H3,(H2,37,45)/t20-,24-,29?,35-/m1/s1. The SMILES string of the molecule is CN(C)C1C(O)=C(C(N)=O)C(=O)[C@]2(O)C(O)=C3C(=O)c4c(O)ccc(-c5ccc(CNCc6cccc(F)c6)cc5)c4C[C@@H]3C[C@H]12. The number of amides is 1. The highest BCUT2D eigenvalue weighted by Gasteiger charge is 2.63. The van der Waals surface area contributed by atoms with Gasteiger partial charge in [0.2, 0.25) is 5.78 Å². The predicted molar refractivity (Wildman–Crippen MR) is 166 cm³/mol. The molecule has 11 heteroatoms. The van der Waals surface area contributed by atoms with Crippen LogP contribution in [0.25, 0.3) is 11.1 Å². The van der Waals surface area contributed by atoms with Gasteiger partial charge >= 0.3 is 0 Å². The molecule has 0 aromatic heterocycles. The van der Waals surface area contributed by atoms with Gasteiger partial charge in [0.15, 0.2) is 11.4 Å². The van der Waals surface area contributed by atoms with Gasteiger partial charge in [-0.2, -0.15) is 0 Å². The molecule has 1 unspecified atom stereocenters. The van der Waals surface area contributed by atoms with Gasteiger partial charge in [-0.05, 0) is 78.9 Å². The third-order valence-corrected chi connectivity index (χ3v) is 9.42. The predicted octanol–water partition coefficient (Wildman–Crippen LogP) is 3.22. The number of carbonyl (C=O) groups excluding carboxylic acids is 3. The Kier molecular flexibility index (Phi) is 7.79. The molecule has 238 valence electrons. The number of allylic oxidation sites excluding steroid dienone is 1. The number of aliphatic hydroxyl groups is 3. The quantitative estimate of drug-likeness (QED) is 0.215. The van der Waals surface area contributed by atoms with Crippen molar-refractivity contribution >= 4 is 17.5 Å². The molecule has 0 saturated carbocycles. The molecular weight excluding hydrogens is 593 g/mol. The summed E-state index contributed by atoms with van der Waals surface area (Å²) in [6.07, 6.45) is 0.200. The Morgan fingerprint density at radius 2 is 1.72 bits per heavy atom. The summed E-state index contributed by atoms with van der Waals surface area (Å²) in [5.41, 5.74) is 5.46. The lowest BCUT2D eigenvalue weighted by Crippen LogP contribution is -2.63. The Morgan fingerprint density at radius 1 is 1.02 bits per heavy atom. The van der Waals surface area contributed by atoms with Crippen molar-refractivity contribution in [3.63, 3.8) is 0 Å². The van der Waals surface area contributed by atoms with Gasteiger partial charge in [-0.1, -0.05) is 42.5 Å². The third-order valence-electron chi connectivity index (χ3n) is 9.42. The van der Waals surface area contributed by atoms with Crippen molar-refractivity contribution < 1.29 is 39.2 Å². The van der Waals surface area contributed by atoms with Crippen LogP contribution in [0.15, 0.2) is 83.3 Å². The number of benzene rings is 3. The van der Waals surface area contributed by atoms with Gasteiger partial charge < -0.3 is 31.5 Å². The number of nitrogens with one attached hydrogen (secondary N) is 1. The molecule has 0 fully saturated rings. The molecule has 3 aromatic rings. The summed E-state index contributed by atoms with van der Waals surface area (Å²) in [5, 5.41) is 48.3. The third kappa shape index (κ3) is 4.87. The largest absolute Gasteiger partial charge is 0.510 e. The summed E-state index contributed by atoms with van der Waals surface area (Å²) in [7, 11) is 3.17. The number of fused-ring (bicyclic) bond motifs is 3. The zero-order valence-electron chi connectivity index (χ0n) is 25.3. The molecule has 0 heterocycles. The van der Waals surface area contributed by atoms with Crippen LogP contribution in [-0.2, 0) is 29.1 Å². The Balaban J connectivity index is 1.34. The van der Waals surface area contributed by atoms with E-state index in [1.807, 2.05) is 30.3 Å². The van der Waals surface area contributed by atoms with Crippen LogP contribution < -0.4 is 11.1 Å². The Morgan fingerprint density at radius 3 is 2.37 bits per heavy atom. The van der Waals surface area contributed by atoms with E-state index in [2.05, 4.69) is 5.32 Å². The van der Waals surface area contributed by atoms with E-state index in [4.69, 9.17) is 5.73 Å². The van der Waals surface area contributed by atoms with Crippen molar-refractivity contribution in [1.29, 1.82) is 0 Å². The minimum Gasteiger partial charge on any atom is -0.510 e. The number of aliphatic hydroxyl groups excluding tert-OH is 2. The van der Waals surface area contributed by atoms with E-state index in [0.29, 0.717) is 24.2 Å². The van der Waals surface area contributed by atoms with E-state index in [9.17, 15) is 39.2 Å². The Hall–Kier alpha value is -4.84. The second kappa shape index (κ2) is 11.5. The second-order valence-electron chi connectivity index (χ2n) is 12.4. The zero-order valence-corrected chi connectivity index (χ0v) is 25.3. The zero-order chi connectivity index (χ0) is 33.1. The number of phenols is 1. The highest BCUT2D eigenvalue weighted by atomic mass is 19.1. The molecular formula is C35H34FN3O7. The Bertz CT molecular complexity index is 1850. The smallest absolute Gasteiger partial charge is 0.255 e. The first kappa shape index (κ1) is 31.2. The van der Waals surface area contributed by atoms with Gasteiger partial charge in [0.25, 0.3) is 5.91 Å². The molecule has 3 aliphatic carbocycles. The summed E-state index contributed by atoms with van der Waals surface area (Å²) >= 11 is 0. The second-order valence-corrected chi connectivity index (χ2v) is 12.4. The minimum absolute atomic E-state index is 0.0107. The molecule has 7 N–H and O–H groups in total. The average Bonchev–Trinajstić information content (AvgIpc) is 2.99. The molecule has 46 heavy (non-hydrogen) atoms. The first-order valence-electron chi connectivity index (χ1n) is 14.9. The van der Waals surface area contributed by atoms with E-state index in [1.165, 1.54) is 23.1 Å². The van der Waals surface area contributed by atoms with Crippen molar-refractivity contribution in [3.8, 4) is 16.9 Å². The van der Waals surface area contributed by atoms with Gasteiger partial charge in [-0.25, -0.2) is 4.39 Å². The van der Waals surface area contributed by atoms with Gasteiger partial charge in [0.05, 0.1) is 11.6 Å². The number of aromatic hydroxyl groups is 1. The fraction of sp³-hybridized carbons (Fsp3) is 0.286. The van der Waals surface area contributed by atoms with Crippen LogP contribution in [0.1, 0.15) is 33.5 Å². The first-order chi connectivity index (χ1) is 21.8. The summed E-state index contributed by atoms with van der Waals surface area (Å²) < 4.78 is 13.5. The van der Waals surface area contributed by atoms with Crippen LogP contribution in [0.4, 0.5) is 4.39 Å². The number of rotatable bonds is 7. The molecule has 1 amide bonds. The molecule has 4 atom stereocenters. The number of halogens is 1. The van der Waals surface area contributed by atoms with Gasteiger partial charge in [0.1, 0.15) is 28.7 Å². The van der Waals surface area contributed by atoms with Gasteiger partial charge in [-0.15, -0.1) is 0 Å². The summed E-state index contributed by atoms with van der Waals surface area (Å²) in [6, 6.07) is 16.1. The van der Waals surface area contributed by atoms with Crippen LogP contribution >= 0.6 is 0 Å². The molecule has 3 aromatic carbocycles. The number of nitrogens with two attached hydrogens (primary N) is 1. The lowest BCUT2D eigenvalue weighted by Gasteiger charge is -2.50. The average molecular weight is 628 g/mol. The molecule has 0 spiro atoms. The number of primary amides is 1. The van der Waals surface area contributed by atoms with E-state index < -0.39 is 58.0 Å². The number of likely N-dealkylation sites (N-methyl/N-ethyl adjacent to an activating group) is 1. The first-order valence-corrected chi connectivity index (χ1v) is 14.9. The van der Waals surface area contributed by atoms with Crippen molar-refractivity contribution in [2.75, 3.05) is 14.1 Å². The highest BCUT2D eigenvalue weighted by molar-refractivity contribution is 6.24. The maximum Gasteiger partial charge on any atom is 0.255 e. The number of ketones is 2. The van der Waals surface area contributed by atoms with E-state index in [-0.39, 0.29) is 35.5 Å². The van der Waals surface area contributed by atoms with Crippen molar-refractivity contribution in [2.45, 2.75) is 37.6 Å². The number of Topliss-reactive ketones (excluding diaryl/α,β-unsaturated/α-hetero) is 2. The fourth-order valence-corrected chi connectivity index (χ4v) is 7.32. The molecule has 0 saturated heterocycles. The minimum atomic E-state index is -2.68. The van der Waals surface area contributed by atoms with Crippen molar-refractivity contribution in [3.05, 3.63) is 111 Å². The van der Waals surface area contributed by atoms with E-state index in [0.717, 1.165) is 16.7 Å². The molecule has 0 radical (unpaired) electrons. The fourth-order valence-electron chi connectivity index (χ4n) is 7.32. The van der Waals surface area contributed by atoms with E-state index >= 15 is 0 Å². The number of phenolic OH excluding ortho intramolecular Hbond substituents is 1. The lowest BCUT2D eigenvalue weighted by atomic mass is 9.58. The number of hydrogen-bond donors (Lipinski definition) is 6. The lowest BCUT2D eigenvalue weighted by molar-refractivity contribution is -0.148. The highest BCUT2D eigenvalue weighted by Crippen LogP contribution is 2.53. The van der Waals surface area contributed by atoms with Crippen molar-refractivity contribution in [1.82, 2.24) is 10.2 Å². The summed E-state index contributed by atoms with van der Waals surface area (Å²) in [6.45, 7) is 1.03. The Labute approximate surface area is 264 Å². The normalized spacial score (nSPS) is 24.2. The van der Waals surface area contributed by atoms with Crippen molar-refractivity contribution in [2.24, 2.45) is 17.6 Å². The monoisotopic (exact) mass is 627 g/mol. The summed E-state index contributed by atoms with van der Waals surface area (Å²) in [5.74, 6) is -7.15. The van der Waals surface area contributed by atoms with Crippen LogP contribution in [0.2, 0.25) is 0 Å². The molecule has 0 bridgehead atoms. The molecule has 0 aliphatic heterocycles.